The lowest BCUT2D eigenvalue weighted by Gasteiger charge is -2.54. The van der Waals surface area contributed by atoms with Gasteiger partial charge in [-0.2, -0.15) is 0 Å². The molecule has 2 bridgehead atoms. The average molecular weight is 631 g/mol. The van der Waals surface area contributed by atoms with E-state index >= 15 is 0 Å². The lowest BCUT2D eigenvalue weighted by atomic mass is 9.48. The normalized spacial score (nSPS) is 19.8. The molecule has 3 aliphatic rings. The van der Waals surface area contributed by atoms with Crippen molar-refractivity contribution >= 4 is 64.0 Å². The van der Waals surface area contributed by atoms with E-state index in [-0.39, 0.29) is 10.8 Å². The van der Waals surface area contributed by atoms with Gasteiger partial charge >= 0.3 is 0 Å². The van der Waals surface area contributed by atoms with E-state index in [1.54, 1.807) is 11.3 Å². The molecule has 9 aromatic rings. The largest absolute Gasteiger partial charge is 0.231 e. The number of hydrogen-bond acceptors (Lipinski definition) is 3. The van der Waals surface area contributed by atoms with Gasteiger partial charge in [0.2, 0.25) is 0 Å². The Hall–Kier alpha value is -5.38. The van der Waals surface area contributed by atoms with E-state index in [0.29, 0.717) is 0 Å². The summed E-state index contributed by atoms with van der Waals surface area (Å²) < 4.78 is 1.26. The van der Waals surface area contributed by atoms with Crippen LogP contribution in [-0.4, -0.2) is 9.97 Å². The highest BCUT2D eigenvalue weighted by Gasteiger charge is 2.55. The topological polar surface area (TPSA) is 25.8 Å². The van der Waals surface area contributed by atoms with Gasteiger partial charge in [0.25, 0.3) is 0 Å². The zero-order valence-electron chi connectivity index (χ0n) is 26.5. The molecule has 0 atom stereocenters. The summed E-state index contributed by atoms with van der Waals surface area (Å²) in [5.41, 5.74) is 7.49. The van der Waals surface area contributed by atoms with Crippen LogP contribution in [0.15, 0.2) is 140 Å². The molecule has 0 unspecified atom stereocenters. The minimum atomic E-state index is -0.371. The summed E-state index contributed by atoms with van der Waals surface area (Å²) in [5, 5.41) is 10.1. The third-order valence-corrected chi connectivity index (χ3v) is 12.7. The van der Waals surface area contributed by atoms with Crippen LogP contribution in [0.3, 0.4) is 0 Å². The van der Waals surface area contributed by atoms with Gasteiger partial charge in [0, 0.05) is 26.5 Å². The first-order chi connectivity index (χ1) is 23.6. The summed E-state index contributed by atoms with van der Waals surface area (Å²) in [4.78, 5) is 12.2. The Morgan fingerprint density at radius 2 is 1.02 bits per heavy atom. The van der Waals surface area contributed by atoms with Crippen LogP contribution in [0, 0.1) is 0 Å². The third kappa shape index (κ3) is 3.27. The minimum Gasteiger partial charge on any atom is -0.231 e. The van der Waals surface area contributed by atoms with E-state index < -0.39 is 0 Å². The third-order valence-electron chi connectivity index (χ3n) is 11.6. The van der Waals surface area contributed by atoms with Crippen LogP contribution in [0.25, 0.3) is 64.0 Å². The van der Waals surface area contributed by atoms with Crippen molar-refractivity contribution in [1.82, 2.24) is 9.97 Å². The molecule has 2 aromatic heterocycles. The maximum atomic E-state index is 5.75. The standard InChI is InChI=1S/C45H30N2S/c1-44-24-25-45(37-19-9-7-17-35(37)44,38-20-10-8-18-36(38)44)41-40-33-16-6-11-21-39(33)48-43(40)47-42(46-41)27-22-23-32-30-14-3-2-12-28(30)29-13-4-5-15-31(29)34(32)26-27/h2-23,26H,24-25H2,1H3. The summed E-state index contributed by atoms with van der Waals surface area (Å²) >= 11 is 1.79. The van der Waals surface area contributed by atoms with Crippen LogP contribution in [-0.2, 0) is 10.8 Å². The van der Waals surface area contributed by atoms with Gasteiger partial charge in [0.05, 0.1) is 11.1 Å². The van der Waals surface area contributed by atoms with Gasteiger partial charge in [-0.05, 0) is 79.5 Å². The Labute approximate surface area is 282 Å². The molecule has 3 heteroatoms. The average Bonchev–Trinajstić information content (AvgIpc) is 3.54. The number of aromatic nitrogens is 2. The highest BCUT2D eigenvalue weighted by Crippen LogP contribution is 2.62. The molecular formula is C45H30N2S. The molecule has 0 saturated heterocycles. The number of benzene rings is 7. The summed E-state index contributed by atoms with van der Waals surface area (Å²) in [6, 6.07) is 51.5. The molecule has 0 radical (unpaired) electrons. The molecule has 0 spiro atoms. The van der Waals surface area contributed by atoms with Crippen molar-refractivity contribution in [1.29, 1.82) is 0 Å². The zero-order chi connectivity index (χ0) is 31.6. The smallest absolute Gasteiger partial charge is 0.161 e. The van der Waals surface area contributed by atoms with E-state index in [2.05, 4.69) is 146 Å². The van der Waals surface area contributed by atoms with Gasteiger partial charge in [-0.3, -0.25) is 0 Å². The maximum Gasteiger partial charge on any atom is 0.161 e. The van der Waals surface area contributed by atoms with Crippen LogP contribution in [0.4, 0.5) is 0 Å². The SMILES string of the molecule is CC12CCC(c3nc(-c4ccc5c6ccccc6c6ccccc6c5c4)nc4sc5ccccc5c34)(c3ccccc31)c1ccccc12. The molecule has 0 N–H and O–H groups in total. The molecule has 2 heterocycles. The predicted molar refractivity (Wildman–Crippen MR) is 201 cm³/mol. The Kier molecular flexibility index (Phi) is 5.20. The monoisotopic (exact) mass is 630 g/mol. The first-order valence-electron chi connectivity index (χ1n) is 16.9. The second-order valence-corrected chi connectivity index (χ2v) is 14.9. The predicted octanol–water partition coefficient (Wildman–Crippen LogP) is 11.7. The molecule has 226 valence electrons. The van der Waals surface area contributed by atoms with E-state index in [1.807, 2.05) is 0 Å². The molecule has 7 aromatic carbocycles. The molecular weight excluding hydrogens is 601 g/mol. The number of nitrogens with zero attached hydrogens (tertiary/aromatic N) is 2. The number of hydrogen-bond donors (Lipinski definition) is 0. The summed E-state index contributed by atoms with van der Waals surface area (Å²) in [5.74, 6) is 0.798. The fourth-order valence-electron chi connectivity index (χ4n) is 9.42. The van der Waals surface area contributed by atoms with Crippen molar-refractivity contribution in [2.24, 2.45) is 0 Å². The second kappa shape index (κ2) is 9.37. The Morgan fingerprint density at radius 1 is 0.500 bits per heavy atom. The van der Waals surface area contributed by atoms with Gasteiger partial charge in [-0.25, -0.2) is 9.97 Å². The Balaban J connectivity index is 1.26. The molecule has 0 fully saturated rings. The van der Waals surface area contributed by atoms with Gasteiger partial charge in [-0.1, -0.05) is 134 Å². The summed E-state index contributed by atoms with van der Waals surface area (Å²) in [7, 11) is 0. The van der Waals surface area contributed by atoms with Gasteiger partial charge in [0.15, 0.2) is 5.82 Å². The van der Waals surface area contributed by atoms with Crippen molar-refractivity contribution in [3.63, 3.8) is 0 Å². The first kappa shape index (κ1) is 26.7. The summed E-state index contributed by atoms with van der Waals surface area (Å²) in [6.45, 7) is 2.44. The molecule has 0 saturated carbocycles. The van der Waals surface area contributed by atoms with Crippen molar-refractivity contribution in [2.75, 3.05) is 0 Å². The van der Waals surface area contributed by atoms with E-state index in [1.165, 1.54) is 70.0 Å². The maximum absolute atomic E-state index is 5.75. The van der Waals surface area contributed by atoms with E-state index in [4.69, 9.17) is 9.97 Å². The van der Waals surface area contributed by atoms with Crippen LogP contribution in [0.1, 0.15) is 47.7 Å². The van der Waals surface area contributed by atoms with E-state index in [0.717, 1.165) is 34.8 Å². The molecule has 3 aliphatic carbocycles. The molecule has 0 aliphatic heterocycles. The minimum absolute atomic E-state index is 0.0111. The van der Waals surface area contributed by atoms with Crippen molar-refractivity contribution in [3.05, 3.63) is 167 Å². The fourth-order valence-corrected chi connectivity index (χ4v) is 10.5. The first-order valence-corrected chi connectivity index (χ1v) is 17.7. The fraction of sp³-hybridized carbons (Fsp3) is 0.111. The molecule has 0 amide bonds. The van der Waals surface area contributed by atoms with Gasteiger partial charge in [0.1, 0.15) is 4.83 Å². The number of thiophene rings is 1. The Bertz CT molecular complexity index is 2740. The summed E-state index contributed by atoms with van der Waals surface area (Å²) in [6.07, 6.45) is 2.10. The van der Waals surface area contributed by atoms with Crippen LogP contribution in [0.2, 0.25) is 0 Å². The molecule has 2 nitrogen and oxygen atoms in total. The van der Waals surface area contributed by atoms with Gasteiger partial charge < -0.3 is 0 Å². The van der Waals surface area contributed by atoms with E-state index in [9.17, 15) is 0 Å². The highest BCUT2D eigenvalue weighted by atomic mass is 32.1. The number of fused-ring (bicyclic) bond motifs is 10. The lowest BCUT2D eigenvalue weighted by Crippen LogP contribution is -2.48. The quantitative estimate of drug-likeness (QED) is 0.178. The zero-order valence-corrected chi connectivity index (χ0v) is 27.3. The van der Waals surface area contributed by atoms with Gasteiger partial charge in [-0.15, -0.1) is 11.3 Å². The highest BCUT2D eigenvalue weighted by molar-refractivity contribution is 7.25. The number of rotatable bonds is 2. The van der Waals surface area contributed by atoms with Crippen molar-refractivity contribution in [2.45, 2.75) is 30.6 Å². The van der Waals surface area contributed by atoms with Crippen molar-refractivity contribution < 1.29 is 0 Å². The molecule has 48 heavy (non-hydrogen) atoms. The van der Waals surface area contributed by atoms with Crippen molar-refractivity contribution in [3.8, 4) is 11.4 Å². The Morgan fingerprint density at radius 3 is 1.67 bits per heavy atom. The van der Waals surface area contributed by atoms with Crippen LogP contribution >= 0.6 is 11.3 Å². The van der Waals surface area contributed by atoms with Crippen LogP contribution < -0.4 is 0 Å². The molecule has 12 rings (SSSR count). The van der Waals surface area contributed by atoms with Crippen LogP contribution in [0.5, 0.6) is 0 Å². The second-order valence-electron chi connectivity index (χ2n) is 13.9. The lowest BCUT2D eigenvalue weighted by molar-refractivity contribution is 0.341.